The summed E-state index contributed by atoms with van der Waals surface area (Å²) in [7, 11) is 0. The van der Waals surface area contributed by atoms with Gasteiger partial charge in [0.05, 0.1) is 6.04 Å². The molecule has 1 unspecified atom stereocenters. The van der Waals surface area contributed by atoms with E-state index in [4.69, 9.17) is 4.74 Å². The van der Waals surface area contributed by atoms with E-state index in [1.54, 1.807) is 0 Å². The van der Waals surface area contributed by atoms with Gasteiger partial charge in [0, 0.05) is 4.47 Å². The van der Waals surface area contributed by atoms with Crippen LogP contribution in [0.5, 0.6) is 5.75 Å². The highest BCUT2D eigenvalue weighted by molar-refractivity contribution is 9.10. The van der Waals surface area contributed by atoms with Gasteiger partial charge < -0.3 is 10.1 Å². The van der Waals surface area contributed by atoms with Gasteiger partial charge in [-0.1, -0.05) is 67.0 Å². The fourth-order valence-corrected chi connectivity index (χ4v) is 2.97. The summed E-state index contributed by atoms with van der Waals surface area (Å²) in [6, 6.07) is 15.9. The summed E-state index contributed by atoms with van der Waals surface area (Å²) in [5.41, 5.74) is 2.20. The average Bonchev–Trinajstić information content (AvgIpc) is 2.59. The van der Waals surface area contributed by atoms with Crippen LogP contribution in [0.15, 0.2) is 53.0 Å². The summed E-state index contributed by atoms with van der Waals surface area (Å²) >= 11 is 3.48. The van der Waals surface area contributed by atoms with Crippen LogP contribution in [-0.2, 0) is 4.79 Å². The third-order valence-corrected chi connectivity index (χ3v) is 4.39. The molecule has 128 valence electrons. The van der Waals surface area contributed by atoms with Gasteiger partial charge in [0.25, 0.3) is 5.91 Å². The summed E-state index contributed by atoms with van der Waals surface area (Å²) < 4.78 is 6.78. The first-order valence-corrected chi connectivity index (χ1v) is 9.07. The minimum atomic E-state index is -0.108. The van der Waals surface area contributed by atoms with E-state index in [1.165, 1.54) is 0 Å². The Morgan fingerprint density at radius 3 is 2.50 bits per heavy atom. The molecule has 0 heterocycles. The number of carbonyl (C=O) groups excluding carboxylic acids is 1. The zero-order valence-electron chi connectivity index (χ0n) is 14.4. The molecule has 24 heavy (non-hydrogen) atoms. The molecule has 0 saturated carbocycles. The van der Waals surface area contributed by atoms with Crippen molar-refractivity contribution >= 4 is 21.8 Å². The zero-order chi connectivity index (χ0) is 17.5. The third kappa shape index (κ3) is 5.10. The zero-order valence-corrected chi connectivity index (χ0v) is 16.0. The van der Waals surface area contributed by atoms with Crippen LogP contribution in [0.1, 0.15) is 50.3 Å². The van der Waals surface area contributed by atoms with Crippen molar-refractivity contribution in [1.29, 1.82) is 0 Å². The van der Waals surface area contributed by atoms with Gasteiger partial charge in [-0.05, 0) is 41.7 Å². The van der Waals surface area contributed by atoms with Gasteiger partial charge in [0.15, 0.2) is 6.61 Å². The van der Waals surface area contributed by atoms with E-state index in [1.807, 2.05) is 48.5 Å². The molecule has 0 radical (unpaired) electrons. The Labute approximate surface area is 152 Å². The molecule has 0 aliphatic carbocycles. The van der Waals surface area contributed by atoms with Crippen LogP contribution < -0.4 is 10.1 Å². The molecule has 1 amide bonds. The molecule has 2 aromatic rings. The van der Waals surface area contributed by atoms with Gasteiger partial charge in [-0.15, -0.1) is 0 Å². The molecule has 1 N–H and O–H groups in total. The lowest BCUT2D eigenvalue weighted by molar-refractivity contribution is -0.123. The molecule has 0 bridgehead atoms. The van der Waals surface area contributed by atoms with Gasteiger partial charge in [0.2, 0.25) is 0 Å². The minimum Gasteiger partial charge on any atom is -0.483 e. The van der Waals surface area contributed by atoms with Crippen LogP contribution in [-0.4, -0.2) is 12.5 Å². The minimum absolute atomic E-state index is 0.0109. The molecule has 0 aliphatic rings. The molecule has 0 saturated heterocycles. The highest BCUT2D eigenvalue weighted by atomic mass is 79.9. The van der Waals surface area contributed by atoms with E-state index < -0.39 is 0 Å². The molecule has 2 aromatic carbocycles. The highest BCUT2D eigenvalue weighted by Crippen LogP contribution is 2.29. The predicted molar refractivity (Wildman–Crippen MR) is 101 cm³/mol. The van der Waals surface area contributed by atoms with E-state index in [9.17, 15) is 4.79 Å². The van der Waals surface area contributed by atoms with E-state index in [0.717, 1.165) is 27.8 Å². The number of ether oxygens (including phenoxy) is 1. The van der Waals surface area contributed by atoms with Crippen molar-refractivity contribution in [2.24, 2.45) is 0 Å². The van der Waals surface area contributed by atoms with Gasteiger partial charge in [-0.25, -0.2) is 0 Å². The van der Waals surface area contributed by atoms with Gasteiger partial charge in [-0.3, -0.25) is 4.79 Å². The van der Waals surface area contributed by atoms with Crippen molar-refractivity contribution in [2.75, 3.05) is 6.61 Å². The normalized spacial score (nSPS) is 12.0. The maximum Gasteiger partial charge on any atom is 0.258 e. The first-order valence-electron chi connectivity index (χ1n) is 8.27. The molecular weight excluding hydrogens is 366 g/mol. The van der Waals surface area contributed by atoms with E-state index in [-0.39, 0.29) is 18.6 Å². The van der Waals surface area contributed by atoms with Crippen molar-refractivity contribution in [1.82, 2.24) is 5.32 Å². The number of carbonyl (C=O) groups is 1. The Kier molecular flexibility index (Phi) is 6.85. The lowest BCUT2D eigenvalue weighted by atomic mass is 10.0. The summed E-state index contributed by atoms with van der Waals surface area (Å²) in [4.78, 5) is 12.3. The van der Waals surface area contributed by atoms with Crippen molar-refractivity contribution in [3.8, 4) is 5.75 Å². The fraction of sp³-hybridized carbons (Fsp3) is 0.350. The predicted octanol–water partition coefficient (Wildman–Crippen LogP) is 5.22. The molecule has 2 rings (SSSR count). The number of benzene rings is 2. The summed E-state index contributed by atoms with van der Waals surface area (Å²) in [6.45, 7) is 6.30. The number of hydrogen-bond donors (Lipinski definition) is 1. The molecule has 0 aromatic heterocycles. The number of nitrogens with one attached hydrogen (secondary N) is 1. The number of hydrogen-bond acceptors (Lipinski definition) is 2. The topological polar surface area (TPSA) is 38.3 Å². The van der Waals surface area contributed by atoms with Crippen LogP contribution in [0.2, 0.25) is 0 Å². The molecule has 0 spiro atoms. The van der Waals surface area contributed by atoms with Crippen LogP contribution in [0.25, 0.3) is 0 Å². The van der Waals surface area contributed by atoms with Gasteiger partial charge in [-0.2, -0.15) is 0 Å². The second kappa shape index (κ2) is 8.88. The van der Waals surface area contributed by atoms with Crippen molar-refractivity contribution in [3.63, 3.8) is 0 Å². The fourth-order valence-electron chi connectivity index (χ4n) is 2.59. The molecule has 3 nitrogen and oxygen atoms in total. The first kappa shape index (κ1) is 18.5. The summed E-state index contributed by atoms with van der Waals surface area (Å²) in [5.74, 6) is 0.979. The third-order valence-electron chi connectivity index (χ3n) is 3.90. The summed E-state index contributed by atoms with van der Waals surface area (Å²) in [5, 5.41) is 3.04. The van der Waals surface area contributed by atoms with Crippen molar-refractivity contribution in [2.45, 2.75) is 39.2 Å². The van der Waals surface area contributed by atoms with E-state index in [0.29, 0.717) is 5.92 Å². The lowest BCUT2D eigenvalue weighted by Crippen LogP contribution is -2.32. The maximum atomic E-state index is 12.3. The number of halogens is 1. The molecule has 1 atom stereocenters. The van der Waals surface area contributed by atoms with Crippen LogP contribution >= 0.6 is 15.9 Å². The Morgan fingerprint density at radius 2 is 1.88 bits per heavy atom. The smallest absolute Gasteiger partial charge is 0.258 e. The standard InChI is InChI=1S/C20H24BrNO2/c1-4-18(15-8-6-5-7-9-15)22-20(23)13-24-19-11-10-16(21)12-17(19)14(2)3/h5-12,14,18H,4,13H2,1-3H3,(H,22,23). The maximum absolute atomic E-state index is 12.3. The molecule has 0 fully saturated rings. The number of amides is 1. The Balaban J connectivity index is 1.98. The summed E-state index contributed by atoms with van der Waals surface area (Å²) in [6.07, 6.45) is 0.839. The Hall–Kier alpha value is -1.81. The van der Waals surface area contributed by atoms with Crippen LogP contribution in [0, 0.1) is 0 Å². The van der Waals surface area contributed by atoms with Crippen LogP contribution in [0.4, 0.5) is 0 Å². The van der Waals surface area contributed by atoms with Crippen LogP contribution in [0.3, 0.4) is 0 Å². The van der Waals surface area contributed by atoms with E-state index in [2.05, 4.69) is 42.0 Å². The van der Waals surface area contributed by atoms with Gasteiger partial charge in [0.1, 0.15) is 5.75 Å². The average molecular weight is 390 g/mol. The number of rotatable bonds is 7. The Morgan fingerprint density at radius 1 is 1.17 bits per heavy atom. The molecular formula is C20H24BrNO2. The van der Waals surface area contributed by atoms with Gasteiger partial charge >= 0.3 is 0 Å². The SMILES string of the molecule is CCC(NC(=O)COc1ccc(Br)cc1C(C)C)c1ccccc1. The first-order chi connectivity index (χ1) is 11.5. The highest BCUT2D eigenvalue weighted by Gasteiger charge is 2.14. The monoisotopic (exact) mass is 389 g/mol. The van der Waals surface area contributed by atoms with Crippen molar-refractivity contribution < 1.29 is 9.53 Å². The second-order valence-corrected chi connectivity index (χ2v) is 6.98. The quantitative estimate of drug-likeness (QED) is 0.704. The lowest BCUT2D eigenvalue weighted by Gasteiger charge is -2.19. The Bertz CT molecular complexity index is 671. The molecule has 4 heteroatoms. The van der Waals surface area contributed by atoms with E-state index >= 15 is 0 Å². The largest absolute Gasteiger partial charge is 0.483 e. The molecule has 0 aliphatic heterocycles. The second-order valence-electron chi connectivity index (χ2n) is 6.06. The van der Waals surface area contributed by atoms with Crippen molar-refractivity contribution in [3.05, 3.63) is 64.1 Å².